The number of benzene rings is 1. The van der Waals surface area contributed by atoms with Crippen LogP contribution in [-0.4, -0.2) is 53.0 Å². The number of thioether (sulfide) groups is 1. The predicted octanol–water partition coefficient (Wildman–Crippen LogP) is 3.24. The van der Waals surface area contributed by atoms with E-state index in [4.69, 9.17) is 9.97 Å². The Labute approximate surface area is 176 Å². The van der Waals surface area contributed by atoms with Crippen molar-refractivity contribution in [2.75, 3.05) is 36.9 Å². The van der Waals surface area contributed by atoms with E-state index in [0.29, 0.717) is 12.3 Å². The van der Waals surface area contributed by atoms with Crippen molar-refractivity contribution < 1.29 is 9.90 Å². The van der Waals surface area contributed by atoms with Gasteiger partial charge in [-0.3, -0.25) is 4.79 Å². The number of anilines is 1. The fraction of sp³-hybridized carbons (Fsp3) is 0.591. The van der Waals surface area contributed by atoms with E-state index in [0.717, 1.165) is 73.0 Å². The molecule has 2 aliphatic rings. The smallest absolute Gasteiger partial charge is 0.230 e. The van der Waals surface area contributed by atoms with Crippen molar-refractivity contribution in [3.63, 3.8) is 0 Å². The molecule has 7 heteroatoms. The highest BCUT2D eigenvalue weighted by atomic mass is 32.2. The highest BCUT2D eigenvalue weighted by molar-refractivity contribution is 8.00. The molecule has 6 nitrogen and oxygen atoms in total. The first kappa shape index (κ1) is 20.4. The molecule has 0 unspecified atom stereocenters. The van der Waals surface area contributed by atoms with Crippen LogP contribution in [0.4, 0.5) is 5.82 Å². The number of aliphatic hydroxyl groups is 1. The Morgan fingerprint density at radius 3 is 2.55 bits per heavy atom. The van der Waals surface area contributed by atoms with Crippen LogP contribution in [0.5, 0.6) is 0 Å². The standard InChI is InChI=1S/C22H30N4O2S/c1-16-7-11-26(12-8-16)20-21(25-18-6-3-2-5-17(18)24-20)29-13-19(28)23-14-22(15-27)9-4-10-22/h2-3,5-6,16,27H,4,7-15H2,1H3,(H,23,28). The maximum Gasteiger partial charge on any atom is 0.230 e. The highest BCUT2D eigenvalue weighted by Gasteiger charge is 2.36. The first-order chi connectivity index (χ1) is 14.1. The fourth-order valence-electron chi connectivity index (χ4n) is 4.04. The van der Waals surface area contributed by atoms with Gasteiger partial charge in [-0.1, -0.05) is 37.2 Å². The molecule has 2 N–H and O–H groups in total. The third kappa shape index (κ3) is 4.67. The minimum atomic E-state index is -0.0985. The van der Waals surface area contributed by atoms with Gasteiger partial charge in [-0.15, -0.1) is 0 Å². The zero-order valence-electron chi connectivity index (χ0n) is 17.1. The van der Waals surface area contributed by atoms with Crippen LogP contribution in [0.25, 0.3) is 11.0 Å². The molecule has 0 bridgehead atoms. The number of para-hydroxylation sites is 2. The molecule has 1 saturated carbocycles. The Morgan fingerprint density at radius 1 is 1.24 bits per heavy atom. The van der Waals surface area contributed by atoms with E-state index in [9.17, 15) is 9.90 Å². The molecule has 156 valence electrons. The summed E-state index contributed by atoms with van der Waals surface area (Å²) in [5.74, 6) is 1.94. The minimum Gasteiger partial charge on any atom is -0.396 e. The van der Waals surface area contributed by atoms with Crippen LogP contribution in [0, 0.1) is 11.3 Å². The molecule has 0 radical (unpaired) electrons. The average molecular weight is 415 g/mol. The number of nitrogens with one attached hydrogen (secondary N) is 1. The van der Waals surface area contributed by atoms with Crippen LogP contribution in [0.3, 0.4) is 0 Å². The zero-order valence-corrected chi connectivity index (χ0v) is 17.9. The molecule has 1 aromatic carbocycles. The molecule has 0 atom stereocenters. The van der Waals surface area contributed by atoms with Gasteiger partial charge in [0.2, 0.25) is 5.91 Å². The number of rotatable bonds is 7. The number of piperidine rings is 1. The van der Waals surface area contributed by atoms with Gasteiger partial charge in [0.15, 0.2) is 5.82 Å². The van der Waals surface area contributed by atoms with Crippen molar-refractivity contribution >= 4 is 34.5 Å². The van der Waals surface area contributed by atoms with Crippen LogP contribution in [0.2, 0.25) is 0 Å². The van der Waals surface area contributed by atoms with E-state index < -0.39 is 0 Å². The number of aromatic nitrogens is 2. The molecule has 29 heavy (non-hydrogen) atoms. The van der Waals surface area contributed by atoms with Gasteiger partial charge in [-0.05, 0) is 43.7 Å². The molecule has 2 aromatic rings. The number of nitrogens with zero attached hydrogens (tertiary/aromatic N) is 3. The van der Waals surface area contributed by atoms with Gasteiger partial charge in [-0.25, -0.2) is 9.97 Å². The van der Waals surface area contributed by atoms with Gasteiger partial charge in [0.25, 0.3) is 0 Å². The first-order valence-electron chi connectivity index (χ1n) is 10.6. The zero-order chi connectivity index (χ0) is 20.3. The Balaban J connectivity index is 1.46. The van der Waals surface area contributed by atoms with Gasteiger partial charge < -0.3 is 15.3 Å². The number of amides is 1. The first-order valence-corrected chi connectivity index (χ1v) is 11.6. The number of aliphatic hydroxyl groups excluding tert-OH is 1. The Hall–Kier alpha value is -1.86. The summed E-state index contributed by atoms with van der Waals surface area (Å²) in [5.41, 5.74) is 1.65. The summed E-state index contributed by atoms with van der Waals surface area (Å²) < 4.78 is 0. The summed E-state index contributed by atoms with van der Waals surface area (Å²) in [6.45, 7) is 4.96. The molecule has 1 aromatic heterocycles. The van der Waals surface area contributed by atoms with E-state index in [1.807, 2.05) is 24.3 Å². The lowest BCUT2D eigenvalue weighted by atomic mass is 9.69. The van der Waals surface area contributed by atoms with Crippen molar-refractivity contribution in [2.45, 2.75) is 44.1 Å². The van der Waals surface area contributed by atoms with Crippen molar-refractivity contribution in [1.82, 2.24) is 15.3 Å². The van der Waals surface area contributed by atoms with E-state index in [1.165, 1.54) is 11.8 Å². The second kappa shape index (κ2) is 8.88. The fourth-order valence-corrected chi connectivity index (χ4v) is 4.87. The predicted molar refractivity (Wildman–Crippen MR) is 117 cm³/mol. The van der Waals surface area contributed by atoms with Crippen LogP contribution in [0.1, 0.15) is 39.0 Å². The van der Waals surface area contributed by atoms with Gasteiger partial charge in [-0.2, -0.15) is 0 Å². The molecule has 1 aliphatic heterocycles. The summed E-state index contributed by atoms with van der Waals surface area (Å²) in [5, 5.41) is 13.4. The maximum atomic E-state index is 12.4. The monoisotopic (exact) mass is 414 g/mol. The molecule has 1 aliphatic carbocycles. The minimum absolute atomic E-state index is 0.0112. The van der Waals surface area contributed by atoms with Gasteiger partial charge in [0.05, 0.1) is 23.4 Å². The summed E-state index contributed by atoms with van der Waals surface area (Å²) in [4.78, 5) is 24.5. The van der Waals surface area contributed by atoms with Crippen molar-refractivity contribution in [3.8, 4) is 0 Å². The maximum absolute atomic E-state index is 12.4. The summed E-state index contributed by atoms with van der Waals surface area (Å²) in [7, 11) is 0. The molecular weight excluding hydrogens is 384 g/mol. The topological polar surface area (TPSA) is 78.4 Å². The summed E-state index contributed by atoms with van der Waals surface area (Å²) in [6, 6.07) is 7.91. The molecular formula is C22H30N4O2S. The van der Waals surface area contributed by atoms with Gasteiger partial charge in [0, 0.05) is 25.0 Å². The highest BCUT2D eigenvalue weighted by Crippen LogP contribution is 2.39. The second-order valence-electron chi connectivity index (χ2n) is 8.59. The Morgan fingerprint density at radius 2 is 1.93 bits per heavy atom. The number of hydrogen-bond acceptors (Lipinski definition) is 6. The number of carbonyl (C=O) groups is 1. The number of fused-ring (bicyclic) bond motifs is 1. The third-order valence-corrected chi connectivity index (χ3v) is 7.31. The van der Waals surface area contributed by atoms with Crippen molar-refractivity contribution in [3.05, 3.63) is 24.3 Å². The summed E-state index contributed by atoms with van der Waals surface area (Å²) >= 11 is 1.46. The Bertz CT molecular complexity index is 858. The largest absolute Gasteiger partial charge is 0.396 e. The van der Waals surface area contributed by atoms with Crippen LogP contribution >= 0.6 is 11.8 Å². The lowest BCUT2D eigenvalue weighted by Crippen LogP contribution is -2.45. The van der Waals surface area contributed by atoms with Crippen LogP contribution in [-0.2, 0) is 4.79 Å². The van der Waals surface area contributed by atoms with E-state index >= 15 is 0 Å². The second-order valence-corrected chi connectivity index (χ2v) is 9.55. The number of hydrogen-bond donors (Lipinski definition) is 2. The number of carbonyl (C=O) groups excluding carboxylic acids is 1. The SMILES string of the molecule is CC1CCN(c2nc3ccccc3nc2SCC(=O)NCC2(CO)CCC2)CC1. The molecule has 1 amide bonds. The average Bonchev–Trinajstić information content (AvgIpc) is 2.72. The molecule has 2 heterocycles. The van der Waals surface area contributed by atoms with Crippen molar-refractivity contribution in [1.29, 1.82) is 0 Å². The van der Waals surface area contributed by atoms with Crippen LogP contribution in [0.15, 0.2) is 29.3 Å². The van der Waals surface area contributed by atoms with E-state index in [-0.39, 0.29) is 17.9 Å². The quantitative estimate of drug-likeness (QED) is 0.677. The Kier molecular flexibility index (Phi) is 6.25. The van der Waals surface area contributed by atoms with Crippen LogP contribution < -0.4 is 10.2 Å². The normalized spacial score (nSPS) is 19.2. The molecule has 4 rings (SSSR count). The third-order valence-electron chi connectivity index (χ3n) is 6.35. The van der Waals surface area contributed by atoms with Gasteiger partial charge in [0.1, 0.15) is 5.03 Å². The van der Waals surface area contributed by atoms with Gasteiger partial charge >= 0.3 is 0 Å². The summed E-state index contributed by atoms with van der Waals surface area (Å²) in [6.07, 6.45) is 5.43. The lowest BCUT2D eigenvalue weighted by Gasteiger charge is -2.40. The van der Waals surface area contributed by atoms with E-state index in [2.05, 4.69) is 17.1 Å². The molecule has 0 spiro atoms. The van der Waals surface area contributed by atoms with Crippen molar-refractivity contribution in [2.24, 2.45) is 11.3 Å². The lowest BCUT2D eigenvalue weighted by molar-refractivity contribution is -0.119. The van der Waals surface area contributed by atoms with E-state index in [1.54, 1.807) is 0 Å². The molecule has 1 saturated heterocycles. The molecule has 2 fully saturated rings.